The molecule has 198 valence electrons. The first-order valence-corrected chi connectivity index (χ1v) is 13.6. The molecule has 0 saturated carbocycles. The number of hydrogen-bond acceptors (Lipinski definition) is 7. The Bertz CT molecular complexity index is 1370. The van der Waals surface area contributed by atoms with Crippen molar-refractivity contribution in [1.29, 1.82) is 0 Å². The number of anilines is 1. The summed E-state index contributed by atoms with van der Waals surface area (Å²) < 4.78 is 9.71. The lowest BCUT2D eigenvalue weighted by molar-refractivity contribution is -0.140. The molecule has 8 nitrogen and oxygen atoms in total. The predicted octanol–water partition coefficient (Wildman–Crippen LogP) is 4.97. The van der Waals surface area contributed by atoms with E-state index in [1.54, 1.807) is 4.90 Å². The van der Waals surface area contributed by atoms with Crippen LogP contribution in [0.5, 0.6) is 5.88 Å². The maximum Gasteiger partial charge on any atom is 0.254 e. The minimum Gasteiger partial charge on any atom is -0.470 e. The van der Waals surface area contributed by atoms with Gasteiger partial charge in [-0.2, -0.15) is 4.98 Å². The first kappa shape index (κ1) is 26.0. The molecule has 2 amide bonds. The summed E-state index contributed by atoms with van der Waals surface area (Å²) in [6.45, 7) is 11.4. The fourth-order valence-corrected chi connectivity index (χ4v) is 5.55. The molecule has 0 radical (unpaired) electrons. The van der Waals surface area contributed by atoms with Crippen molar-refractivity contribution in [2.45, 2.75) is 45.6 Å². The quantitative estimate of drug-likeness (QED) is 0.444. The summed E-state index contributed by atoms with van der Waals surface area (Å²) in [7, 11) is 0. The Labute approximate surface area is 227 Å². The lowest BCUT2D eigenvalue weighted by atomic mass is 9.94. The smallest absolute Gasteiger partial charge is 0.254 e. The highest BCUT2D eigenvalue weighted by atomic mass is 32.2. The Balaban J connectivity index is 1.60. The van der Waals surface area contributed by atoms with Crippen LogP contribution < -0.4 is 9.46 Å². The number of fused-ring (bicyclic) bond motifs is 6. The molecular formula is C29H33N5O3S. The van der Waals surface area contributed by atoms with Crippen LogP contribution >= 0.6 is 11.9 Å². The van der Waals surface area contributed by atoms with Gasteiger partial charge in [-0.1, -0.05) is 45.0 Å². The van der Waals surface area contributed by atoms with Crippen molar-refractivity contribution < 1.29 is 14.3 Å². The van der Waals surface area contributed by atoms with Crippen LogP contribution in [0.4, 0.5) is 5.95 Å². The number of rotatable bonds is 1. The Kier molecular flexibility index (Phi) is 7.05. The van der Waals surface area contributed by atoms with Crippen LogP contribution in [0.15, 0.2) is 53.4 Å². The van der Waals surface area contributed by atoms with E-state index < -0.39 is 11.5 Å². The molecule has 2 aliphatic heterocycles. The van der Waals surface area contributed by atoms with E-state index in [-0.39, 0.29) is 11.8 Å². The molecule has 2 aromatic carbocycles. The van der Waals surface area contributed by atoms with Crippen molar-refractivity contribution in [1.82, 2.24) is 19.8 Å². The molecule has 38 heavy (non-hydrogen) atoms. The second kappa shape index (κ2) is 10.3. The van der Waals surface area contributed by atoms with Crippen molar-refractivity contribution in [3.05, 3.63) is 65.2 Å². The first-order valence-electron chi connectivity index (χ1n) is 12.8. The standard InChI is InChI=1S/C29H33N5O3S/c1-18-8-6-9-19(2)25(18)23-15-24-31-28(30-23)32-38-22-11-7-10-20(14-22)26(35)33-12-13-34(17-21(16-33)37-24)27(36)29(3,4)5/h6-11,14-15,21H,12-13,16-17H2,1-5H3,(H,30,31,32)/t21-/m0/s1. The highest BCUT2D eigenvalue weighted by Gasteiger charge is 2.34. The van der Waals surface area contributed by atoms with Crippen molar-refractivity contribution >= 4 is 29.7 Å². The summed E-state index contributed by atoms with van der Waals surface area (Å²) in [4.78, 5) is 40.8. The van der Waals surface area contributed by atoms with Gasteiger partial charge in [-0.3, -0.25) is 14.3 Å². The summed E-state index contributed by atoms with van der Waals surface area (Å²) in [6, 6.07) is 15.5. The van der Waals surface area contributed by atoms with E-state index in [9.17, 15) is 9.59 Å². The first-order chi connectivity index (χ1) is 18.1. The zero-order valence-electron chi connectivity index (χ0n) is 22.4. The summed E-state index contributed by atoms with van der Waals surface area (Å²) in [5.74, 6) is 0.754. The molecule has 1 atom stereocenters. The third kappa shape index (κ3) is 5.48. The monoisotopic (exact) mass is 531 g/mol. The van der Waals surface area contributed by atoms with E-state index in [0.29, 0.717) is 43.6 Å². The normalized spacial score (nSPS) is 17.8. The van der Waals surface area contributed by atoms with Gasteiger partial charge >= 0.3 is 0 Å². The molecule has 2 aliphatic rings. The summed E-state index contributed by atoms with van der Waals surface area (Å²) >= 11 is 1.35. The van der Waals surface area contributed by atoms with Crippen LogP contribution in [0.25, 0.3) is 11.3 Å². The average Bonchev–Trinajstić information content (AvgIpc) is 3.08. The van der Waals surface area contributed by atoms with Gasteiger partial charge in [-0.25, -0.2) is 4.98 Å². The Hall–Kier alpha value is -3.59. The van der Waals surface area contributed by atoms with Gasteiger partial charge in [0.05, 0.1) is 18.8 Å². The molecule has 0 spiro atoms. The van der Waals surface area contributed by atoms with Crippen LogP contribution in [0.1, 0.15) is 42.3 Å². The van der Waals surface area contributed by atoms with E-state index in [0.717, 1.165) is 27.3 Å². The Morgan fingerprint density at radius 3 is 2.50 bits per heavy atom. The van der Waals surface area contributed by atoms with Crippen molar-refractivity contribution in [3.8, 4) is 17.1 Å². The van der Waals surface area contributed by atoms with E-state index >= 15 is 0 Å². The lowest BCUT2D eigenvalue weighted by Crippen LogP contribution is -2.45. The lowest BCUT2D eigenvalue weighted by Gasteiger charge is -2.30. The number of hydrogen-bond donors (Lipinski definition) is 1. The second-order valence-electron chi connectivity index (χ2n) is 10.9. The minimum atomic E-state index is -0.544. The van der Waals surface area contributed by atoms with E-state index in [4.69, 9.17) is 9.72 Å². The van der Waals surface area contributed by atoms with Gasteiger partial charge in [0, 0.05) is 40.6 Å². The number of carbonyl (C=O) groups is 2. The third-order valence-electron chi connectivity index (χ3n) is 6.77. The molecule has 1 saturated heterocycles. The van der Waals surface area contributed by atoms with Crippen LogP contribution in [0.3, 0.4) is 0 Å². The van der Waals surface area contributed by atoms with E-state index in [1.807, 2.05) is 62.1 Å². The molecule has 1 aromatic heterocycles. The summed E-state index contributed by atoms with van der Waals surface area (Å²) in [6.07, 6.45) is -0.460. The third-order valence-corrected chi connectivity index (χ3v) is 7.55. The molecule has 3 heterocycles. The van der Waals surface area contributed by atoms with Gasteiger partial charge in [-0.05, 0) is 55.1 Å². The molecule has 9 heteroatoms. The van der Waals surface area contributed by atoms with Crippen LogP contribution in [0, 0.1) is 19.3 Å². The topological polar surface area (TPSA) is 87.7 Å². The van der Waals surface area contributed by atoms with Crippen LogP contribution in [-0.4, -0.2) is 63.9 Å². The van der Waals surface area contributed by atoms with Gasteiger partial charge in [0.1, 0.15) is 6.10 Å². The average molecular weight is 532 g/mol. The highest BCUT2D eigenvalue weighted by molar-refractivity contribution is 8.00. The summed E-state index contributed by atoms with van der Waals surface area (Å²) in [5.41, 5.74) is 4.04. The van der Waals surface area contributed by atoms with Crippen LogP contribution in [-0.2, 0) is 4.79 Å². The van der Waals surface area contributed by atoms with Gasteiger partial charge in [-0.15, -0.1) is 0 Å². The summed E-state index contributed by atoms with van der Waals surface area (Å²) in [5, 5.41) is 0. The largest absolute Gasteiger partial charge is 0.470 e. The number of aromatic nitrogens is 2. The zero-order valence-corrected chi connectivity index (χ0v) is 23.3. The van der Waals surface area contributed by atoms with E-state index in [1.165, 1.54) is 11.9 Å². The molecule has 0 aliphatic carbocycles. The van der Waals surface area contributed by atoms with Gasteiger partial charge < -0.3 is 14.5 Å². The predicted molar refractivity (Wildman–Crippen MR) is 149 cm³/mol. The number of nitrogens with zero attached hydrogens (tertiary/aromatic N) is 4. The van der Waals surface area contributed by atoms with Gasteiger partial charge in [0.25, 0.3) is 5.91 Å². The maximum atomic E-state index is 13.6. The highest BCUT2D eigenvalue weighted by Crippen LogP contribution is 2.31. The molecule has 5 rings (SSSR count). The number of carbonyl (C=O) groups excluding carboxylic acids is 2. The number of benzene rings is 2. The molecule has 1 N–H and O–H groups in total. The number of amides is 2. The molecule has 0 unspecified atom stereocenters. The number of nitrogens with one attached hydrogen (secondary N) is 1. The fourth-order valence-electron chi connectivity index (χ4n) is 4.92. The number of aryl methyl sites for hydroxylation is 2. The number of ether oxygens (including phenoxy) is 1. The van der Waals surface area contributed by atoms with Crippen molar-refractivity contribution in [3.63, 3.8) is 0 Å². The Morgan fingerprint density at radius 2 is 1.76 bits per heavy atom. The second-order valence-corrected chi connectivity index (χ2v) is 11.8. The SMILES string of the molecule is Cc1cccc(C)c1-c1cc2nc(n1)NSc1cccc(c1)C(=O)N1CCN(C(=O)C(C)(C)C)C[C@H](C1)O2. The van der Waals surface area contributed by atoms with Gasteiger partial charge in [0.15, 0.2) is 0 Å². The molecule has 6 bridgehead atoms. The molecule has 1 fully saturated rings. The molecule has 3 aromatic rings. The van der Waals surface area contributed by atoms with E-state index in [2.05, 4.69) is 35.7 Å². The maximum absolute atomic E-state index is 13.6. The Morgan fingerprint density at radius 1 is 1.03 bits per heavy atom. The zero-order chi connectivity index (χ0) is 27.0. The van der Waals surface area contributed by atoms with Crippen molar-refractivity contribution in [2.24, 2.45) is 5.41 Å². The fraction of sp³-hybridized carbons (Fsp3) is 0.379. The van der Waals surface area contributed by atoms with Gasteiger partial charge in [0.2, 0.25) is 17.7 Å². The van der Waals surface area contributed by atoms with Crippen molar-refractivity contribution in [2.75, 3.05) is 30.9 Å². The van der Waals surface area contributed by atoms with Crippen LogP contribution in [0.2, 0.25) is 0 Å². The molecular weight excluding hydrogens is 498 g/mol. The minimum absolute atomic E-state index is 0.0289.